The summed E-state index contributed by atoms with van der Waals surface area (Å²) in [5, 5.41) is 0. The van der Waals surface area contributed by atoms with Crippen molar-refractivity contribution in [2.45, 2.75) is 27.7 Å². The Balaban J connectivity index is 0.000000293. The van der Waals surface area contributed by atoms with Gasteiger partial charge in [-0.05, 0) is 27.7 Å². The Labute approximate surface area is 97.6 Å². The zero-order chi connectivity index (χ0) is 12.8. The van der Waals surface area contributed by atoms with Gasteiger partial charge in [0.1, 0.15) is 0 Å². The highest BCUT2D eigenvalue weighted by Crippen LogP contribution is 2.06. The van der Waals surface area contributed by atoms with Crippen molar-refractivity contribution in [3.63, 3.8) is 0 Å². The minimum atomic E-state index is -4.16. The van der Waals surface area contributed by atoms with Crippen LogP contribution < -0.4 is 0 Å². The predicted octanol–water partition coefficient (Wildman–Crippen LogP) is 1.05. The summed E-state index contributed by atoms with van der Waals surface area (Å²) in [6, 6.07) is 6.56. The molecule has 0 fully saturated rings. The van der Waals surface area contributed by atoms with Crippen LogP contribution in [0.1, 0.15) is 23.6 Å². The van der Waals surface area contributed by atoms with Gasteiger partial charge in [0.05, 0.1) is 0 Å². The van der Waals surface area contributed by atoms with Crippen molar-refractivity contribution in [3.05, 3.63) is 34.9 Å². The van der Waals surface area contributed by atoms with Gasteiger partial charge in [-0.15, -0.1) is 0 Å². The summed E-state index contributed by atoms with van der Waals surface area (Å²) >= 11 is 0. The summed E-state index contributed by atoms with van der Waals surface area (Å²) in [5.41, 5.74) is 4.06. The summed E-state index contributed by atoms with van der Waals surface area (Å²) in [5.74, 6) is 0. The third-order valence-corrected chi connectivity index (χ3v) is 2.38. The van der Waals surface area contributed by atoms with Crippen LogP contribution in [0.15, 0.2) is 18.2 Å². The lowest BCUT2D eigenvalue weighted by Gasteiger charge is -2.05. The van der Waals surface area contributed by atoms with Gasteiger partial charge in [-0.25, -0.2) is 0 Å². The van der Waals surface area contributed by atoms with Crippen molar-refractivity contribution in [2.24, 2.45) is 0 Å². The van der Waals surface area contributed by atoms with Gasteiger partial charge in [0.15, 0.2) is 0 Å². The van der Waals surface area contributed by atoms with E-state index in [9.17, 15) is 0 Å². The van der Waals surface area contributed by atoms with Gasteiger partial charge < -0.3 is 18.8 Å². The molecule has 0 spiro atoms. The average Bonchev–Trinajstić information content (AvgIpc) is 1.98. The van der Waals surface area contributed by atoms with Gasteiger partial charge in [0.2, 0.25) is 0 Å². The Morgan fingerprint density at radius 2 is 1.25 bits per heavy atom. The largest absolute Gasteiger partial charge is 0.671 e. The van der Waals surface area contributed by atoms with E-state index in [1.54, 1.807) is 6.92 Å². The molecule has 0 heterocycles. The minimum Gasteiger partial charge on any atom is -0.368 e. The molecule has 1 aromatic rings. The standard InChI is InChI=1S/C9H12.C2H8O4Si/c1-7-4-8(2)6-9(3)5-7;1-2-6-7(3,4)5/h4-6H,1-3H3;3-5H,2H2,1H3. The van der Waals surface area contributed by atoms with Crippen molar-refractivity contribution in [1.29, 1.82) is 0 Å². The summed E-state index contributed by atoms with van der Waals surface area (Å²) in [6.07, 6.45) is 0. The third kappa shape index (κ3) is 8.57. The Bertz CT molecular complexity index is 270. The quantitative estimate of drug-likeness (QED) is 0.680. The molecule has 5 heteroatoms. The molecule has 0 unspecified atom stereocenters. The van der Waals surface area contributed by atoms with E-state index >= 15 is 0 Å². The second kappa shape index (κ2) is 6.77. The van der Waals surface area contributed by atoms with Crippen LogP contribution >= 0.6 is 0 Å². The first-order chi connectivity index (χ1) is 7.24. The van der Waals surface area contributed by atoms with Crippen LogP contribution in [0.2, 0.25) is 0 Å². The fourth-order valence-electron chi connectivity index (χ4n) is 1.40. The molecular weight excluding hydrogens is 224 g/mol. The zero-order valence-corrected chi connectivity index (χ0v) is 11.2. The molecule has 0 aliphatic carbocycles. The topological polar surface area (TPSA) is 69.9 Å². The van der Waals surface area contributed by atoms with Crippen LogP contribution in [0.4, 0.5) is 0 Å². The smallest absolute Gasteiger partial charge is 0.368 e. The van der Waals surface area contributed by atoms with Gasteiger partial charge in [-0.2, -0.15) is 0 Å². The molecule has 0 saturated carbocycles. The van der Waals surface area contributed by atoms with E-state index in [2.05, 4.69) is 43.4 Å². The molecule has 0 radical (unpaired) electrons. The Hall–Kier alpha value is -0.723. The first-order valence-electron chi connectivity index (χ1n) is 5.10. The van der Waals surface area contributed by atoms with Gasteiger partial charge in [-0.1, -0.05) is 34.9 Å². The third-order valence-electron chi connectivity index (χ3n) is 1.70. The summed E-state index contributed by atoms with van der Waals surface area (Å²) in [4.78, 5) is 24.1. The molecule has 3 N–H and O–H groups in total. The Morgan fingerprint density at radius 3 is 1.38 bits per heavy atom. The van der Waals surface area contributed by atoms with Crippen LogP contribution in [0.5, 0.6) is 0 Å². The molecule has 0 bridgehead atoms. The van der Waals surface area contributed by atoms with E-state index in [1.807, 2.05) is 0 Å². The van der Waals surface area contributed by atoms with Crippen molar-refractivity contribution in [2.75, 3.05) is 6.61 Å². The van der Waals surface area contributed by atoms with Crippen LogP contribution in [0.3, 0.4) is 0 Å². The van der Waals surface area contributed by atoms with Crippen LogP contribution in [0, 0.1) is 20.8 Å². The minimum absolute atomic E-state index is 0.121. The number of benzene rings is 1. The van der Waals surface area contributed by atoms with Crippen molar-refractivity contribution >= 4 is 9.05 Å². The Kier molecular flexibility index (Phi) is 6.47. The molecule has 0 amide bonds. The maximum absolute atomic E-state index is 8.05. The molecule has 0 saturated heterocycles. The molecule has 16 heavy (non-hydrogen) atoms. The number of aryl methyl sites for hydroxylation is 3. The van der Waals surface area contributed by atoms with Crippen molar-refractivity contribution in [3.8, 4) is 0 Å². The fraction of sp³-hybridized carbons (Fsp3) is 0.455. The molecule has 1 aromatic carbocycles. The van der Waals surface area contributed by atoms with E-state index in [4.69, 9.17) is 14.4 Å². The number of rotatable bonds is 2. The summed E-state index contributed by atoms with van der Waals surface area (Å²) in [7, 11) is -4.16. The molecule has 0 aliphatic heterocycles. The number of hydrogen-bond acceptors (Lipinski definition) is 4. The van der Waals surface area contributed by atoms with E-state index in [1.165, 1.54) is 16.7 Å². The molecule has 1 rings (SSSR count). The van der Waals surface area contributed by atoms with Gasteiger partial charge >= 0.3 is 9.05 Å². The van der Waals surface area contributed by atoms with Crippen molar-refractivity contribution in [1.82, 2.24) is 0 Å². The van der Waals surface area contributed by atoms with E-state index < -0.39 is 9.05 Å². The lowest BCUT2D eigenvalue weighted by Crippen LogP contribution is -2.38. The normalized spacial score (nSPS) is 10.7. The maximum atomic E-state index is 8.05. The van der Waals surface area contributed by atoms with E-state index in [0.29, 0.717) is 0 Å². The average molecular weight is 244 g/mol. The van der Waals surface area contributed by atoms with Crippen LogP contribution in [-0.2, 0) is 4.43 Å². The highest BCUT2D eigenvalue weighted by Gasteiger charge is 2.28. The molecule has 92 valence electrons. The zero-order valence-electron chi connectivity index (χ0n) is 10.2. The highest BCUT2D eigenvalue weighted by atomic mass is 28.4. The van der Waals surface area contributed by atoms with Gasteiger partial charge in [-0.3, -0.25) is 0 Å². The lowest BCUT2D eigenvalue weighted by molar-refractivity contribution is 0.0687. The lowest BCUT2D eigenvalue weighted by atomic mass is 10.1. The van der Waals surface area contributed by atoms with Crippen LogP contribution in [-0.4, -0.2) is 30.0 Å². The molecule has 0 aliphatic rings. The fourth-order valence-corrected chi connectivity index (χ4v) is 1.78. The van der Waals surface area contributed by atoms with Crippen LogP contribution in [0.25, 0.3) is 0 Å². The predicted molar refractivity (Wildman–Crippen MR) is 64.7 cm³/mol. The Morgan fingerprint density at radius 1 is 0.938 bits per heavy atom. The SMILES string of the molecule is CCO[Si](O)(O)O.Cc1cc(C)cc(C)c1. The van der Waals surface area contributed by atoms with E-state index in [0.717, 1.165) is 0 Å². The van der Waals surface area contributed by atoms with Gasteiger partial charge in [0.25, 0.3) is 0 Å². The van der Waals surface area contributed by atoms with E-state index in [-0.39, 0.29) is 6.61 Å². The number of hydrogen-bond donors (Lipinski definition) is 3. The molecule has 0 aromatic heterocycles. The summed E-state index contributed by atoms with van der Waals surface area (Å²) < 4.78 is 4.03. The molecular formula is C11H20O4Si. The monoisotopic (exact) mass is 244 g/mol. The molecule has 4 nitrogen and oxygen atoms in total. The maximum Gasteiger partial charge on any atom is 0.671 e. The first-order valence-corrected chi connectivity index (χ1v) is 6.85. The van der Waals surface area contributed by atoms with Gasteiger partial charge in [0, 0.05) is 6.61 Å². The first kappa shape index (κ1) is 15.3. The second-order valence-electron chi connectivity index (χ2n) is 3.67. The second-order valence-corrected chi connectivity index (χ2v) is 5.11. The van der Waals surface area contributed by atoms with Crippen molar-refractivity contribution < 1.29 is 18.8 Å². The molecule has 0 atom stereocenters. The highest BCUT2D eigenvalue weighted by molar-refractivity contribution is 6.48. The summed E-state index contributed by atoms with van der Waals surface area (Å²) in [6.45, 7) is 8.06.